The highest BCUT2D eigenvalue weighted by molar-refractivity contribution is 8.26. The van der Waals surface area contributed by atoms with Gasteiger partial charge in [-0.2, -0.15) is 0 Å². The molecule has 4 heterocycles. The minimum atomic E-state index is -0.225. The number of carbonyl (C=O) groups excluding carboxylic acids is 1. The van der Waals surface area contributed by atoms with Gasteiger partial charge in [-0.3, -0.25) is 18.9 Å². The van der Waals surface area contributed by atoms with Crippen LogP contribution in [0.3, 0.4) is 0 Å². The van der Waals surface area contributed by atoms with Crippen molar-refractivity contribution in [1.82, 2.24) is 14.3 Å². The summed E-state index contributed by atoms with van der Waals surface area (Å²) in [5.74, 6) is 0.293. The number of nitrogens with zero attached hydrogens (tertiary/aromatic N) is 3. The molecule has 2 fully saturated rings. The zero-order chi connectivity index (χ0) is 22.1. The van der Waals surface area contributed by atoms with E-state index in [0.29, 0.717) is 32.8 Å². The van der Waals surface area contributed by atoms with Crippen molar-refractivity contribution in [2.24, 2.45) is 0 Å². The monoisotopic (exact) mass is 458 g/mol. The van der Waals surface area contributed by atoms with Crippen LogP contribution >= 0.6 is 24.0 Å². The van der Waals surface area contributed by atoms with Crippen LogP contribution < -0.4 is 10.9 Å². The van der Waals surface area contributed by atoms with Crippen molar-refractivity contribution < 1.29 is 9.53 Å². The third-order valence-corrected chi connectivity index (χ3v) is 6.99. The number of rotatable bonds is 6. The van der Waals surface area contributed by atoms with E-state index >= 15 is 0 Å². The van der Waals surface area contributed by atoms with Crippen LogP contribution in [0, 0.1) is 6.92 Å². The minimum Gasteiger partial charge on any atom is -0.376 e. The normalized spacial score (nSPS) is 21.5. The fourth-order valence-electron chi connectivity index (χ4n) is 3.71. The molecule has 0 aromatic carbocycles. The van der Waals surface area contributed by atoms with Gasteiger partial charge in [0, 0.05) is 25.4 Å². The van der Waals surface area contributed by atoms with E-state index in [4.69, 9.17) is 17.0 Å². The second kappa shape index (κ2) is 9.10. The first-order valence-electron chi connectivity index (χ1n) is 10.5. The van der Waals surface area contributed by atoms with E-state index in [1.807, 2.05) is 32.9 Å². The molecule has 2 aromatic heterocycles. The summed E-state index contributed by atoms with van der Waals surface area (Å²) < 4.78 is 7.73. The quantitative estimate of drug-likeness (QED) is 0.524. The third-order valence-electron chi connectivity index (χ3n) is 5.66. The molecule has 0 bridgehead atoms. The highest BCUT2D eigenvalue weighted by atomic mass is 32.2. The van der Waals surface area contributed by atoms with Gasteiger partial charge in [-0.05, 0) is 50.8 Å². The van der Waals surface area contributed by atoms with Gasteiger partial charge in [-0.1, -0.05) is 37.0 Å². The second-order valence-electron chi connectivity index (χ2n) is 7.94. The van der Waals surface area contributed by atoms with Crippen molar-refractivity contribution in [3.8, 4) is 0 Å². The molecule has 2 aromatic rings. The van der Waals surface area contributed by atoms with Gasteiger partial charge in [0.05, 0.1) is 16.6 Å². The van der Waals surface area contributed by atoms with Crippen LogP contribution in [0.25, 0.3) is 11.7 Å². The maximum atomic E-state index is 13.4. The molecule has 164 valence electrons. The Hall–Kier alpha value is -2.23. The van der Waals surface area contributed by atoms with E-state index in [1.54, 1.807) is 17.2 Å². The number of thioether (sulfide) groups is 1. The molecule has 0 unspecified atom stereocenters. The molecule has 0 radical (unpaired) electrons. The molecule has 2 atom stereocenters. The Morgan fingerprint density at radius 3 is 2.94 bits per heavy atom. The number of hydrogen-bond acceptors (Lipinski definition) is 7. The fraction of sp³-hybridized carbons (Fsp3) is 0.455. The molecule has 4 rings (SSSR count). The first-order valence-corrected chi connectivity index (χ1v) is 11.8. The van der Waals surface area contributed by atoms with E-state index in [-0.39, 0.29) is 23.6 Å². The Bertz CT molecular complexity index is 1120. The van der Waals surface area contributed by atoms with Gasteiger partial charge in [0.25, 0.3) is 11.5 Å². The van der Waals surface area contributed by atoms with Crippen LogP contribution in [0.4, 0.5) is 5.82 Å². The van der Waals surface area contributed by atoms with Crippen molar-refractivity contribution in [3.05, 3.63) is 44.7 Å². The number of nitrogens with one attached hydrogen (secondary N) is 1. The Morgan fingerprint density at radius 1 is 1.42 bits per heavy atom. The molecule has 7 nitrogen and oxygen atoms in total. The van der Waals surface area contributed by atoms with E-state index in [9.17, 15) is 9.59 Å². The number of carbonyl (C=O) groups is 1. The summed E-state index contributed by atoms with van der Waals surface area (Å²) in [5, 5.41) is 3.29. The Morgan fingerprint density at radius 2 is 2.23 bits per heavy atom. The molecular formula is C22H26N4O3S2. The van der Waals surface area contributed by atoms with Crippen LogP contribution in [0.15, 0.2) is 28.0 Å². The molecule has 31 heavy (non-hydrogen) atoms. The molecule has 2 aliphatic rings. The number of aryl methyl sites for hydroxylation is 1. The smallest absolute Gasteiger partial charge is 0.267 e. The molecule has 2 saturated heterocycles. The van der Waals surface area contributed by atoms with Crippen LogP contribution in [0.2, 0.25) is 0 Å². The highest BCUT2D eigenvalue weighted by Crippen LogP contribution is 2.34. The number of pyridine rings is 1. The number of aromatic nitrogens is 2. The number of thiocarbonyl (C=S) groups is 1. The lowest BCUT2D eigenvalue weighted by Gasteiger charge is -2.21. The highest BCUT2D eigenvalue weighted by Gasteiger charge is 2.35. The van der Waals surface area contributed by atoms with Gasteiger partial charge >= 0.3 is 0 Å². The largest absolute Gasteiger partial charge is 0.376 e. The second-order valence-corrected chi connectivity index (χ2v) is 9.61. The van der Waals surface area contributed by atoms with Crippen molar-refractivity contribution in [3.63, 3.8) is 0 Å². The first kappa shape index (κ1) is 22.0. The summed E-state index contributed by atoms with van der Waals surface area (Å²) in [6.45, 7) is 7.22. The number of fused-ring (bicyclic) bond motifs is 1. The SMILES string of the molecule is CC[C@@H](C)N1C(=O)/C(=C/c2c(NC[C@@H]3CCCO3)nc3ccc(C)cn3c2=O)SC1=S. The summed E-state index contributed by atoms with van der Waals surface area (Å²) in [7, 11) is 0. The molecule has 0 spiro atoms. The minimum absolute atomic E-state index is 0.00832. The van der Waals surface area contributed by atoms with Gasteiger partial charge in [0.2, 0.25) is 0 Å². The standard InChI is InChI=1S/C22H26N4O3S2/c1-4-14(3)26-21(28)17(31-22(26)30)10-16-19(23-11-15-6-5-9-29-15)24-18-8-7-13(2)12-25(18)20(16)27/h7-8,10,12,14-15,23H,4-6,9,11H2,1-3H3/b17-10-/t14-,15+/m1/s1. The van der Waals surface area contributed by atoms with Gasteiger partial charge in [-0.25, -0.2) is 4.98 Å². The predicted octanol–water partition coefficient (Wildman–Crippen LogP) is 3.59. The topological polar surface area (TPSA) is 75.9 Å². The number of amides is 1. The van der Waals surface area contributed by atoms with E-state index in [0.717, 1.165) is 31.4 Å². The molecule has 1 N–H and O–H groups in total. The molecule has 0 saturated carbocycles. The molecule has 2 aliphatic heterocycles. The van der Waals surface area contributed by atoms with Crippen LogP contribution in [-0.2, 0) is 9.53 Å². The Labute approximate surface area is 190 Å². The Kier molecular flexibility index (Phi) is 6.45. The van der Waals surface area contributed by atoms with Crippen molar-refractivity contribution in [2.45, 2.75) is 52.2 Å². The van der Waals surface area contributed by atoms with Crippen LogP contribution in [0.5, 0.6) is 0 Å². The average Bonchev–Trinajstić information content (AvgIpc) is 3.36. The van der Waals surface area contributed by atoms with E-state index in [2.05, 4.69) is 10.3 Å². The fourth-order valence-corrected chi connectivity index (χ4v) is 5.16. The van der Waals surface area contributed by atoms with Crippen molar-refractivity contribution >= 4 is 51.7 Å². The summed E-state index contributed by atoms with van der Waals surface area (Å²) in [6, 6.07) is 3.75. The molecular weight excluding hydrogens is 432 g/mol. The maximum Gasteiger partial charge on any atom is 0.267 e. The van der Waals surface area contributed by atoms with Crippen LogP contribution in [-0.4, -0.2) is 49.8 Å². The number of ether oxygens (including phenoxy) is 1. The first-order chi connectivity index (χ1) is 14.9. The molecule has 9 heteroatoms. The third kappa shape index (κ3) is 4.40. The Balaban J connectivity index is 1.77. The van der Waals surface area contributed by atoms with Gasteiger partial charge in [0.15, 0.2) is 0 Å². The number of anilines is 1. The summed E-state index contributed by atoms with van der Waals surface area (Å²) in [5.41, 5.74) is 1.63. The lowest BCUT2D eigenvalue weighted by atomic mass is 10.2. The summed E-state index contributed by atoms with van der Waals surface area (Å²) in [4.78, 5) is 33.1. The van der Waals surface area contributed by atoms with Crippen molar-refractivity contribution in [2.75, 3.05) is 18.5 Å². The van der Waals surface area contributed by atoms with E-state index in [1.165, 1.54) is 16.2 Å². The number of hydrogen-bond donors (Lipinski definition) is 1. The predicted molar refractivity (Wildman–Crippen MR) is 128 cm³/mol. The average molecular weight is 459 g/mol. The zero-order valence-corrected chi connectivity index (χ0v) is 19.5. The van der Waals surface area contributed by atoms with E-state index < -0.39 is 0 Å². The maximum absolute atomic E-state index is 13.4. The zero-order valence-electron chi connectivity index (χ0n) is 17.9. The molecule has 1 amide bonds. The lowest BCUT2D eigenvalue weighted by Crippen LogP contribution is -2.36. The van der Waals surface area contributed by atoms with Gasteiger partial charge in [0.1, 0.15) is 15.8 Å². The lowest BCUT2D eigenvalue weighted by molar-refractivity contribution is -0.123. The summed E-state index contributed by atoms with van der Waals surface area (Å²) >= 11 is 6.66. The molecule has 0 aliphatic carbocycles. The van der Waals surface area contributed by atoms with Gasteiger partial charge in [-0.15, -0.1) is 0 Å². The van der Waals surface area contributed by atoms with Crippen molar-refractivity contribution in [1.29, 1.82) is 0 Å². The van der Waals surface area contributed by atoms with Crippen LogP contribution in [0.1, 0.15) is 44.2 Å². The summed E-state index contributed by atoms with van der Waals surface area (Å²) in [6.07, 6.45) is 6.29. The van der Waals surface area contributed by atoms with Gasteiger partial charge < -0.3 is 10.1 Å².